The van der Waals surface area contributed by atoms with Crippen LogP contribution in [0, 0.1) is 11.8 Å². The summed E-state index contributed by atoms with van der Waals surface area (Å²) in [5, 5.41) is 3.34. The van der Waals surface area contributed by atoms with Crippen molar-refractivity contribution in [2.45, 2.75) is 52.5 Å². The van der Waals surface area contributed by atoms with Gasteiger partial charge in [0.1, 0.15) is 0 Å². The van der Waals surface area contributed by atoms with Gasteiger partial charge in [-0.1, -0.05) is 20.8 Å². The molecule has 2 heterocycles. The third kappa shape index (κ3) is 7.44. The molecule has 0 aromatic heterocycles. The summed E-state index contributed by atoms with van der Waals surface area (Å²) in [4.78, 5) is 9.74. The standard InChI is InChI=1S/C18H37N5.HI/c1-4-23-10-6-8-17(23)12-21-18(19)20-11-16-7-5-9-22(14-16)13-15(2)3;/h15-17H,4-14H2,1-3H3,(H3,19,20,21);1H. The van der Waals surface area contributed by atoms with Crippen molar-refractivity contribution in [2.24, 2.45) is 22.6 Å². The number of hydrogen-bond acceptors (Lipinski definition) is 3. The molecule has 0 aromatic rings. The lowest BCUT2D eigenvalue weighted by molar-refractivity contribution is 0.162. The number of likely N-dealkylation sites (tertiary alicyclic amines) is 2. The van der Waals surface area contributed by atoms with E-state index in [1.54, 1.807) is 0 Å². The van der Waals surface area contributed by atoms with Crippen LogP contribution in [-0.4, -0.2) is 67.6 Å². The Labute approximate surface area is 165 Å². The maximum atomic E-state index is 6.08. The SMILES string of the molecule is CCN1CCCC1CNC(N)=NCC1CCCN(CC(C)C)C1.I. The van der Waals surface area contributed by atoms with Crippen LogP contribution in [0.25, 0.3) is 0 Å². The van der Waals surface area contributed by atoms with Gasteiger partial charge in [0.05, 0.1) is 0 Å². The Bertz CT molecular complexity index is 374. The molecule has 0 aliphatic carbocycles. The molecule has 142 valence electrons. The first-order chi connectivity index (χ1) is 11.1. The van der Waals surface area contributed by atoms with E-state index in [4.69, 9.17) is 5.73 Å². The number of halogens is 1. The van der Waals surface area contributed by atoms with E-state index in [0.717, 1.165) is 25.6 Å². The van der Waals surface area contributed by atoms with Crippen LogP contribution in [0.2, 0.25) is 0 Å². The lowest BCUT2D eigenvalue weighted by atomic mass is 9.97. The zero-order chi connectivity index (χ0) is 16.7. The maximum absolute atomic E-state index is 6.08. The van der Waals surface area contributed by atoms with Crippen LogP contribution in [0.1, 0.15) is 46.5 Å². The Balaban J connectivity index is 0.00000288. The number of nitrogens with one attached hydrogen (secondary N) is 1. The predicted octanol–water partition coefficient (Wildman–Crippen LogP) is 2.36. The minimum absolute atomic E-state index is 0. The van der Waals surface area contributed by atoms with Gasteiger partial charge in [-0.3, -0.25) is 9.89 Å². The number of hydrogen-bond donors (Lipinski definition) is 2. The average Bonchev–Trinajstić information content (AvgIpc) is 2.98. The number of piperidine rings is 1. The summed E-state index contributed by atoms with van der Waals surface area (Å²) in [6.07, 6.45) is 5.18. The number of nitrogens with two attached hydrogens (primary N) is 1. The van der Waals surface area contributed by atoms with E-state index >= 15 is 0 Å². The van der Waals surface area contributed by atoms with E-state index in [1.807, 2.05) is 0 Å². The molecule has 2 saturated heterocycles. The van der Waals surface area contributed by atoms with Crippen molar-refractivity contribution < 1.29 is 0 Å². The van der Waals surface area contributed by atoms with Crippen molar-refractivity contribution in [1.82, 2.24) is 15.1 Å². The molecule has 6 heteroatoms. The van der Waals surface area contributed by atoms with Gasteiger partial charge in [-0.05, 0) is 57.2 Å². The van der Waals surface area contributed by atoms with Crippen molar-refractivity contribution in [2.75, 3.05) is 45.8 Å². The van der Waals surface area contributed by atoms with Gasteiger partial charge in [0, 0.05) is 32.2 Å². The normalized spacial score (nSPS) is 26.6. The number of rotatable bonds is 7. The van der Waals surface area contributed by atoms with Gasteiger partial charge in [-0.25, -0.2) is 0 Å². The van der Waals surface area contributed by atoms with Crippen molar-refractivity contribution in [1.29, 1.82) is 0 Å². The second kappa shape index (κ2) is 11.5. The average molecular weight is 451 g/mol. The van der Waals surface area contributed by atoms with Gasteiger partial charge < -0.3 is 16.0 Å². The lowest BCUT2D eigenvalue weighted by Crippen LogP contribution is -2.43. The first-order valence-electron chi connectivity index (χ1n) is 9.58. The first-order valence-corrected chi connectivity index (χ1v) is 9.58. The molecule has 0 aromatic carbocycles. The molecule has 0 spiro atoms. The fraction of sp³-hybridized carbons (Fsp3) is 0.944. The fourth-order valence-electron chi connectivity index (χ4n) is 4.03. The Morgan fingerprint density at radius 2 is 2.00 bits per heavy atom. The zero-order valence-electron chi connectivity index (χ0n) is 15.8. The van der Waals surface area contributed by atoms with Crippen LogP contribution in [0.3, 0.4) is 0 Å². The van der Waals surface area contributed by atoms with Crippen LogP contribution in [0.5, 0.6) is 0 Å². The monoisotopic (exact) mass is 451 g/mol. The molecule has 2 rings (SSSR count). The van der Waals surface area contributed by atoms with Crippen LogP contribution in [0.15, 0.2) is 4.99 Å². The highest BCUT2D eigenvalue weighted by molar-refractivity contribution is 14.0. The van der Waals surface area contributed by atoms with Crippen molar-refractivity contribution in [3.05, 3.63) is 0 Å². The molecule has 0 amide bonds. The summed E-state index contributed by atoms with van der Waals surface area (Å²) < 4.78 is 0. The number of guanidine groups is 1. The van der Waals surface area contributed by atoms with E-state index < -0.39 is 0 Å². The predicted molar refractivity (Wildman–Crippen MR) is 114 cm³/mol. The third-order valence-corrected chi connectivity index (χ3v) is 5.17. The molecule has 2 aliphatic heterocycles. The number of likely N-dealkylation sites (N-methyl/N-ethyl adjacent to an activating group) is 1. The Kier molecular flexibility index (Phi) is 10.5. The van der Waals surface area contributed by atoms with E-state index in [9.17, 15) is 0 Å². The molecule has 0 saturated carbocycles. The van der Waals surface area contributed by atoms with E-state index in [2.05, 4.69) is 40.9 Å². The first kappa shape index (κ1) is 22.0. The number of aliphatic imine (C=N–C) groups is 1. The maximum Gasteiger partial charge on any atom is 0.188 e. The molecule has 2 fully saturated rings. The van der Waals surface area contributed by atoms with Crippen molar-refractivity contribution in [3.8, 4) is 0 Å². The molecule has 2 aliphatic rings. The highest BCUT2D eigenvalue weighted by atomic mass is 127. The Hall–Kier alpha value is -0.0800. The quantitative estimate of drug-likeness (QED) is 0.355. The largest absolute Gasteiger partial charge is 0.370 e. The summed E-state index contributed by atoms with van der Waals surface area (Å²) in [5.74, 6) is 2.05. The van der Waals surface area contributed by atoms with Gasteiger partial charge in [-0.2, -0.15) is 0 Å². The van der Waals surface area contributed by atoms with E-state index in [-0.39, 0.29) is 24.0 Å². The minimum Gasteiger partial charge on any atom is -0.370 e. The van der Waals surface area contributed by atoms with Crippen molar-refractivity contribution in [3.63, 3.8) is 0 Å². The third-order valence-electron chi connectivity index (χ3n) is 5.17. The van der Waals surface area contributed by atoms with Crippen LogP contribution in [0.4, 0.5) is 0 Å². The summed E-state index contributed by atoms with van der Waals surface area (Å²) in [7, 11) is 0. The lowest BCUT2D eigenvalue weighted by Gasteiger charge is -2.33. The Morgan fingerprint density at radius 1 is 1.25 bits per heavy atom. The second-order valence-electron chi connectivity index (χ2n) is 7.69. The highest BCUT2D eigenvalue weighted by Gasteiger charge is 2.23. The summed E-state index contributed by atoms with van der Waals surface area (Å²) >= 11 is 0. The minimum atomic E-state index is 0. The van der Waals surface area contributed by atoms with Gasteiger partial charge in [0.2, 0.25) is 0 Å². The molecule has 5 nitrogen and oxygen atoms in total. The van der Waals surface area contributed by atoms with Gasteiger partial charge >= 0.3 is 0 Å². The molecule has 2 atom stereocenters. The van der Waals surface area contributed by atoms with Gasteiger partial charge in [0.25, 0.3) is 0 Å². The fourth-order valence-corrected chi connectivity index (χ4v) is 4.03. The molecule has 3 N–H and O–H groups in total. The van der Waals surface area contributed by atoms with E-state index in [1.165, 1.54) is 51.9 Å². The van der Waals surface area contributed by atoms with Crippen LogP contribution in [-0.2, 0) is 0 Å². The molecule has 0 bridgehead atoms. The van der Waals surface area contributed by atoms with Crippen LogP contribution >= 0.6 is 24.0 Å². The van der Waals surface area contributed by atoms with Crippen LogP contribution < -0.4 is 11.1 Å². The molecular weight excluding hydrogens is 413 g/mol. The van der Waals surface area contributed by atoms with E-state index in [0.29, 0.717) is 17.9 Å². The van der Waals surface area contributed by atoms with Gasteiger partial charge in [0.15, 0.2) is 5.96 Å². The van der Waals surface area contributed by atoms with Gasteiger partial charge in [-0.15, -0.1) is 24.0 Å². The zero-order valence-corrected chi connectivity index (χ0v) is 18.2. The summed E-state index contributed by atoms with van der Waals surface area (Å²) in [6.45, 7) is 14.7. The molecule has 0 radical (unpaired) electrons. The summed E-state index contributed by atoms with van der Waals surface area (Å²) in [5.41, 5.74) is 6.08. The highest BCUT2D eigenvalue weighted by Crippen LogP contribution is 2.18. The van der Waals surface area contributed by atoms with Crippen molar-refractivity contribution >= 4 is 29.9 Å². The second-order valence-corrected chi connectivity index (χ2v) is 7.69. The summed E-state index contributed by atoms with van der Waals surface area (Å²) in [6, 6.07) is 0.630. The molecule has 24 heavy (non-hydrogen) atoms. The smallest absolute Gasteiger partial charge is 0.188 e. The Morgan fingerprint density at radius 3 is 2.71 bits per heavy atom. The number of nitrogens with zero attached hydrogens (tertiary/aromatic N) is 3. The topological polar surface area (TPSA) is 56.9 Å². The molecular formula is C18H38IN5. The molecule has 2 unspecified atom stereocenters.